The van der Waals surface area contributed by atoms with Gasteiger partial charge in [-0.1, -0.05) is 17.7 Å². The number of aldehydes is 1. The van der Waals surface area contributed by atoms with Crippen LogP contribution in [0.4, 0.5) is 12.9 Å². The van der Waals surface area contributed by atoms with Gasteiger partial charge in [0.1, 0.15) is 6.29 Å². The first-order valence-electron chi connectivity index (χ1n) is 3.70. The van der Waals surface area contributed by atoms with Crippen LogP contribution in [0.3, 0.4) is 0 Å². The van der Waals surface area contributed by atoms with Crippen LogP contribution in [0.25, 0.3) is 0 Å². The SMILES string of the molecule is Cc1cc(C=O)cc([B-](F)(F)F)c1. The minimum Gasteiger partial charge on any atom is -0.445 e. The fraction of sp³-hybridized carbons (Fsp3) is 0.125. The topological polar surface area (TPSA) is 17.1 Å². The molecule has 0 bridgehead atoms. The molecule has 0 aromatic heterocycles. The normalized spacial score (nSPS) is 11.4. The lowest BCUT2D eigenvalue weighted by Crippen LogP contribution is -2.34. The van der Waals surface area contributed by atoms with Crippen LogP contribution in [0.5, 0.6) is 0 Å². The zero-order valence-electron chi connectivity index (χ0n) is 6.93. The quantitative estimate of drug-likeness (QED) is 0.510. The maximum absolute atomic E-state index is 12.2. The molecular formula is C8H7BF3O-. The Morgan fingerprint density at radius 2 is 1.85 bits per heavy atom. The Morgan fingerprint density at radius 3 is 2.31 bits per heavy atom. The lowest BCUT2D eigenvalue weighted by atomic mass is 9.78. The molecule has 0 heterocycles. The summed E-state index contributed by atoms with van der Waals surface area (Å²) in [5.41, 5.74) is -0.213. The van der Waals surface area contributed by atoms with Gasteiger partial charge < -0.3 is 12.9 Å². The first-order chi connectivity index (χ1) is 5.93. The monoisotopic (exact) mass is 187 g/mol. The molecule has 0 saturated carbocycles. The van der Waals surface area contributed by atoms with Crippen LogP contribution in [0.2, 0.25) is 0 Å². The van der Waals surface area contributed by atoms with Crippen molar-refractivity contribution < 1.29 is 17.7 Å². The molecule has 0 fully saturated rings. The van der Waals surface area contributed by atoms with Crippen molar-refractivity contribution in [2.75, 3.05) is 0 Å². The summed E-state index contributed by atoms with van der Waals surface area (Å²) in [5, 5.41) is 0. The largest absolute Gasteiger partial charge is 0.509 e. The summed E-state index contributed by atoms with van der Waals surface area (Å²) in [6, 6.07) is 3.31. The maximum atomic E-state index is 12.2. The van der Waals surface area contributed by atoms with Gasteiger partial charge in [-0.3, -0.25) is 4.79 Å². The first-order valence-corrected chi connectivity index (χ1v) is 3.70. The highest BCUT2D eigenvalue weighted by Gasteiger charge is 2.25. The average molecular weight is 187 g/mol. The molecule has 0 amide bonds. The highest BCUT2D eigenvalue weighted by atomic mass is 19.4. The molecule has 0 atom stereocenters. The highest BCUT2D eigenvalue weighted by molar-refractivity contribution is 6.73. The van der Waals surface area contributed by atoms with Gasteiger partial charge in [0.15, 0.2) is 0 Å². The fourth-order valence-electron chi connectivity index (χ4n) is 1.10. The molecule has 0 N–H and O–H groups in total. The lowest BCUT2D eigenvalue weighted by molar-refractivity contribution is 0.112. The van der Waals surface area contributed by atoms with E-state index in [0.29, 0.717) is 11.8 Å². The minimum absolute atomic E-state index is 0.0641. The van der Waals surface area contributed by atoms with Gasteiger partial charge >= 0.3 is 6.98 Å². The van der Waals surface area contributed by atoms with E-state index in [1.54, 1.807) is 0 Å². The van der Waals surface area contributed by atoms with E-state index in [1.165, 1.54) is 13.0 Å². The summed E-state index contributed by atoms with van der Waals surface area (Å²) in [6.45, 7) is -3.48. The van der Waals surface area contributed by atoms with Gasteiger partial charge in [-0.05, 0) is 13.0 Å². The van der Waals surface area contributed by atoms with Gasteiger partial charge in [0, 0.05) is 5.56 Å². The van der Waals surface area contributed by atoms with Crippen LogP contribution in [-0.2, 0) is 0 Å². The Labute approximate surface area is 73.6 Å². The summed E-state index contributed by atoms with van der Waals surface area (Å²) in [7, 11) is 0. The van der Waals surface area contributed by atoms with Gasteiger partial charge in [-0.15, -0.1) is 5.46 Å². The molecule has 70 valence electrons. The Hall–Kier alpha value is -1.26. The molecule has 1 rings (SSSR count). The van der Waals surface area contributed by atoms with Crippen molar-refractivity contribution in [3.8, 4) is 0 Å². The van der Waals surface area contributed by atoms with E-state index in [0.717, 1.165) is 12.1 Å². The minimum atomic E-state index is -5.01. The van der Waals surface area contributed by atoms with E-state index in [2.05, 4.69) is 0 Å². The number of carbonyl (C=O) groups excluding carboxylic acids is 1. The third-order valence-electron chi connectivity index (χ3n) is 1.64. The molecule has 1 nitrogen and oxygen atoms in total. The molecule has 0 unspecified atom stereocenters. The Balaban J connectivity index is 3.24. The lowest BCUT2D eigenvalue weighted by Gasteiger charge is -2.15. The van der Waals surface area contributed by atoms with Crippen molar-refractivity contribution in [2.45, 2.75) is 6.92 Å². The van der Waals surface area contributed by atoms with Crippen LogP contribution in [0, 0.1) is 6.92 Å². The second-order valence-electron chi connectivity index (χ2n) is 2.87. The van der Waals surface area contributed by atoms with Crippen LogP contribution in [0.1, 0.15) is 15.9 Å². The summed E-state index contributed by atoms with van der Waals surface area (Å²) in [5.74, 6) is 0. The molecule has 5 heteroatoms. The van der Waals surface area contributed by atoms with Crippen molar-refractivity contribution in [1.82, 2.24) is 0 Å². The second kappa shape index (κ2) is 3.24. The number of hydrogen-bond acceptors (Lipinski definition) is 1. The summed E-state index contributed by atoms with van der Waals surface area (Å²) >= 11 is 0. The van der Waals surface area contributed by atoms with Crippen LogP contribution >= 0.6 is 0 Å². The molecule has 0 aliphatic rings. The first kappa shape index (κ1) is 9.83. The number of rotatable bonds is 2. The standard InChI is InChI=1S/C8H7BF3O/c1-6-2-7(5-13)4-8(3-6)9(10,11)12/h2-5H,1H3/q-1. The number of hydrogen-bond donors (Lipinski definition) is 0. The summed E-state index contributed by atoms with van der Waals surface area (Å²) in [4.78, 5) is 10.3. The van der Waals surface area contributed by atoms with E-state index in [1.807, 2.05) is 0 Å². The molecule has 1 aromatic rings. The molecule has 0 aliphatic heterocycles. The third-order valence-corrected chi connectivity index (χ3v) is 1.64. The van der Waals surface area contributed by atoms with E-state index in [9.17, 15) is 17.7 Å². The molecule has 0 spiro atoms. The molecule has 0 aliphatic carbocycles. The average Bonchev–Trinajstić information content (AvgIpc) is 2.01. The summed E-state index contributed by atoms with van der Waals surface area (Å²) in [6.07, 6.45) is 0.415. The number of carbonyl (C=O) groups is 1. The molecule has 1 aromatic carbocycles. The van der Waals surface area contributed by atoms with Gasteiger partial charge in [-0.25, -0.2) is 0 Å². The molecule has 0 saturated heterocycles. The number of aryl methyl sites for hydroxylation is 1. The number of benzene rings is 1. The van der Waals surface area contributed by atoms with Gasteiger partial charge in [0.25, 0.3) is 0 Å². The maximum Gasteiger partial charge on any atom is 0.509 e. The predicted octanol–water partition coefficient (Wildman–Crippen LogP) is 1.86. The smallest absolute Gasteiger partial charge is 0.445 e. The van der Waals surface area contributed by atoms with Crippen molar-refractivity contribution in [3.05, 3.63) is 29.3 Å². The van der Waals surface area contributed by atoms with Crippen molar-refractivity contribution in [2.24, 2.45) is 0 Å². The van der Waals surface area contributed by atoms with E-state index in [4.69, 9.17) is 0 Å². The fourth-order valence-corrected chi connectivity index (χ4v) is 1.10. The number of halogens is 3. The highest BCUT2D eigenvalue weighted by Crippen LogP contribution is 2.11. The third kappa shape index (κ3) is 2.34. The van der Waals surface area contributed by atoms with Crippen molar-refractivity contribution >= 4 is 18.7 Å². The van der Waals surface area contributed by atoms with E-state index in [-0.39, 0.29) is 5.56 Å². The molecule has 0 radical (unpaired) electrons. The van der Waals surface area contributed by atoms with Gasteiger partial charge in [-0.2, -0.15) is 0 Å². The predicted molar refractivity (Wildman–Crippen MR) is 45.3 cm³/mol. The van der Waals surface area contributed by atoms with Crippen molar-refractivity contribution in [3.63, 3.8) is 0 Å². The summed E-state index contributed by atoms with van der Waals surface area (Å²) < 4.78 is 36.7. The molecule has 13 heavy (non-hydrogen) atoms. The van der Waals surface area contributed by atoms with E-state index < -0.39 is 12.4 Å². The zero-order chi connectivity index (χ0) is 10.1. The van der Waals surface area contributed by atoms with Gasteiger partial charge in [0.2, 0.25) is 0 Å². The van der Waals surface area contributed by atoms with Crippen LogP contribution in [-0.4, -0.2) is 13.3 Å². The van der Waals surface area contributed by atoms with Crippen molar-refractivity contribution in [1.29, 1.82) is 0 Å². The Morgan fingerprint density at radius 1 is 1.23 bits per heavy atom. The van der Waals surface area contributed by atoms with Gasteiger partial charge in [0.05, 0.1) is 0 Å². The molecular weight excluding hydrogens is 180 g/mol. The Bertz CT molecular complexity index is 333. The van der Waals surface area contributed by atoms with E-state index >= 15 is 0 Å². The van der Waals surface area contributed by atoms with Crippen LogP contribution in [0.15, 0.2) is 18.2 Å². The second-order valence-corrected chi connectivity index (χ2v) is 2.87. The van der Waals surface area contributed by atoms with Crippen LogP contribution < -0.4 is 5.46 Å². The zero-order valence-corrected chi connectivity index (χ0v) is 6.93. The Kier molecular flexibility index (Phi) is 2.45.